The van der Waals surface area contributed by atoms with Crippen LogP contribution in [0.4, 0.5) is 10.2 Å². The molecule has 1 aliphatic heterocycles. The lowest BCUT2D eigenvalue weighted by molar-refractivity contribution is 0.0528. The van der Waals surface area contributed by atoms with Crippen LogP contribution in [0.5, 0.6) is 0 Å². The van der Waals surface area contributed by atoms with E-state index in [0.717, 1.165) is 10.9 Å². The van der Waals surface area contributed by atoms with Gasteiger partial charge in [-0.05, 0) is 19.1 Å². The number of ether oxygens (including phenoxy) is 2. The number of carbonyl (C=O) groups is 1. The van der Waals surface area contributed by atoms with Gasteiger partial charge in [0.2, 0.25) is 0 Å². The Morgan fingerprint density at radius 2 is 2.26 bits per heavy atom. The lowest BCUT2D eigenvalue weighted by Crippen LogP contribution is -2.18. The largest absolute Gasteiger partial charge is 0.462 e. The average Bonchev–Trinajstić information content (AvgIpc) is 3.49. The van der Waals surface area contributed by atoms with Gasteiger partial charge in [0, 0.05) is 36.5 Å². The molecule has 0 aromatic carbocycles. The van der Waals surface area contributed by atoms with Crippen molar-refractivity contribution in [1.29, 1.82) is 0 Å². The third kappa shape index (κ3) is 3.10. The molecule has 5 rings (SSSR count). The number of halogens is 1. The molecule has 0 spiro atoms. The van der Waals surface area contributed by atoms with Crippen LogP contribution in [0.15, 0.2) is 36.8 Å². The monoisotopic (exact) mass is 424 g/mol. The summed E-state index contributed by atoms with van der Waals surface area (Å²) in [5.74, 6) is 0.157. The molecule has 4 aromatic heterocycles. The van der Waals surface area contributed by atoms with Gasteiger partial charge >= 0.3 is 5.97 Å². The first-order valence-electron chi connectivity index (χ1n) is 10.0. The fraction of sp³-hybridized carbons (Fsp3) is 0.333. The first-order valence-corrected chi connectivity index (χ1v) is 10.0. The molecule has 2 unspecified atom stereocenters. The number of carbonyl (C=O) groups excluding carboxylic acids is 1. The second-order valence-electron chi connectivity index (χ2n) is 7.24. The van der Waals surface area contributed by atoms with E-state index in [1.807, 2.05) is 29.0 Å². The van der Waals surface area contributed by atoms with E-state index in [4.69, 9.17) is 14.5 Å². The Labute approximate surface area is 176 Å². The van der Waals surface area contributed by atoms with E-state index in [1.54, 1.807) is 24.7 Å². The molecule has 4 aromatic rings. The standard InChI is InChI=1S/C21H21FN6O3/c1-3-31-21(29)13-8-25-28-18(23-2)7-16(26-20(13)28)14-9-27(17-11-30-10-15(17)22)19-12(14)5-4-6-24-19/h4-9,15,17,23H,3,10-11H2,1-2H3. The molecule has 2 atom stereocenters. The molecule has 9 nitrogen and oxygen atoms in total. The second kappa shape index (κ2) is 7.62. The fourth-order valence-corrected chi connectivity index (χ4v) is 3.94. The minimum absolute atomic E-state index is 0.0688. The van der Waals surface area contributed by atoms with E-state index in [-0.39, 0.29) is 25.4 Å². The summed E-state index contributed by atoms with van der Waals surface area (Å²) in [6, 6.07) is 5.13. The zero-order valence-electron chi connectivity index (χ0n) is 17.1. The molecule has 0 radical (unpaired) electrons. The lowest BCUT2D eigenvalue weighted by Gasteiger charge is -2.13. The summed E-state index contributed by atoms with van der Waals surface area (Å²) in [7, 11) is 1.76. The van der Waals surface area contributed by atoms with Crippen molar-refractivity contribution in [3.63, 3.8) is 0 Å². The predicted octanol–water partition coefficient (Wildman–Crippen LogP) is 2.87. The maximum absolute atomic E-state index is 14.5. The van der Waals surface area contributed by atoms with Gasteiger partial charge < -0.3 is 19.4 Å². The van der Waals surface area contributed by atoms with Crippen molar-refractivity contribution in [2.24, 2.45) is 0 Å². The average molecular weight is 424 g/mol. The van der Waals surface area contributed by atoms with Gasteiger partial charge in [0.05, 0.1) is 37.8 Å². The molecule has 1 fully saturated rings. The van der Waals surface area contributed by atoms with E-state index >= 15 is 0 Å². The minimum atomic E-state index is -1.11. The SMILES string of the molecule is CCOC(=O)c1cnn2c(NC)cc(-c3cn(C4COCC4F)c4ncccc34)nc12. The zero-order valence-corrected chi connectivity index (χ0v) is 17.1. The summed E-state index contributed by atoms with van der Waals surface area (Å²) in [6.07, 6.45) is 3.86. The predicted molar refractivity (Wildman–Crippen MR) is 112 cm³/mol. The van der Waals surface area contributed by atoms with Crippen LogP contribution in [0.1, 0.15) is 23.3 Å². The van der Waals surface area contributed by atoms with Gasteiger partial charge in [-0.15, -0.1) is 0 Å². The van der Waals surface area contributed by atoms with Crippen LogP contribution in [-0.2, 0) is 9.47 Å². The molecule has 10 heteroatoms. The molecule has 0 saturated carbocycles. The molecule has 160 valence electrons. The van der Waals surface area contributed by atoms with Crippen molar-refractivity contribution in [3.05, 3.63) is 42.4 Å². The Morgan fingerprint density at radius 1 is 1.39 bits per heavy atom. The molecule has 0 amide bonds. The van der Waals surface area contributed by atoms with Crippen LogP contribution in [0.25, 0.3) is 27.9 Å². The summed E-state index contributed by atoms with van der Waals surface area (Å²) in [5, 5.41) is 8.19. The highest BCUT2D eigenvalue weighted by Crippen LogP contribution is 2.35. The van der Waals surface area contributed by atoms with Gasteiger partial charge in [-0.2, -0.15) is 9.61 Å². The maximum Gasteiger partial charge on any atom is 0.343 e. The van der Waals surface area contributed by atoms with Gasteiger partial charge in [-0.3, -0.25) is 0 Å². The van der Waals surface area contributed by atoms with E-state index in [2.05, 4.69) is 15.4 Å². The first kappa shape index (κ1) is 19.4. The van der Waals surface area contributed by atoms with Gasteiger partial charge in [0.15, 0.2) is 5.65 Å². The Kier molecular flexibility index (Phi) is 4.78. The van der Waals surface area contributed by atoms with E-state index in [1.165, 1.54) is 6.20 Å². The van der Waals surface area contributed by atoms with Crippen molar-refractivity contribution >= 4 is 28.5 Å². The first-order chi connectivity index (χ1) is 15.1. The number of nitrogens with one attached hydrogen (secondary N) is 1. The van der Waals surface area contributed by atoms with Crippen molar-refractivity contribution in [2.45, 2.75) is 19.1 Å². The normalized spacial score (nSPS) is 18.7. The van der Waals surface area contributed by atoms with E-state index in [9.17, 15) is 9.18 Å². The van der Waals surface area contributed by atoms with Gasteiger partial charge in [-0.25, -0.2) is 19.2 Å². The molecule has 0 aliphatic carbocycles. The molecular formula is C21H21FN6O3. The summed E-state index contributed by atoms with van der Waals surface area (Å²) in [6.45, 7) is 2.35. The molecule has 1 N–H and O–H groups in total. The van der Waals surface area contributed by atoms with Crippen LogP contribution in [0.3, 0.4) is 0 Å². The lowest BCUT2D eigenvalue weighted by atomic mass is 10.1. The summed E-state index contributed by atoms with van der Waals surface area (Å²) in [5.41, 5.74) is 2.68. The van der Waals surface area contributed by atoms with Crippen LogP contribution in [-0.4, -0.2) is 63.2 Å². The number of anilines is 1. The molecule has 0 bridgehead atoms. The summed E-state index contributed by atoms with van der Waals surface area (Å²) in [4.78, 5) is 21.6. The van der Waals surface area contributed by atoms with Gasteiger partial charge in [0.25, 0.3) is 0 Å². The molecular weight excluding hydrogens is 403 g/mol. The number of nitrogens with zero attached hydrogens (tertiary/aromatic N) is 5. The van der Waals surface area contributed by atoms with Crippen molar-refractivity contribution in [3.8, 4) is 11.3 Å². The Bertz CT molecular complexity index is 1280. The number of fused-ring (bicyclic) bond motifs is 2. The third-order valence-electron chi connectivity index (χ3n) is 5.43. The maximum atomic E-state index is 14.5. The number of hydrogen-bond donors (Lipinski definition) is 1. The molecule has 31 heavy (non-hydrogen) atoms. The van der Waals surface area contributed by atoms with Gasteiger partial charge in [0.1, 0.15) is 23.2 Å². The third-order valence-corrected chi connectivity index (χ3v) is 5.43. The van der Waals surface area contributed by atoms with Crippen LogP contribution >= 0.6 is 0 Å². The van der Waals surface area contributed by atoms with Crippen molar-refractivity contribution in [2.75, 3.05) is 32.2 Å². The summed E-state index contributed by atoms with van der Waals surface area (Å²) >= 11 is 0. The van der Waals surface area contributed by atoms with Crippen LogP contribution < -0.4 is 5.32 Å². The molecule has 1 aliphatic rings. The Balaban J connectivity index is 1.72. The number of pyridine rings is 1. The number of hydrogen-bond acceptors (Lipinski definition) is 7. The van der Waals surface area contributed by atoms with Crippen LogP contribution in [0.2, 0.25) is 0 Å². The molecule has 5 heterocycles. The Hall–Kier alpha value is -3.53. The quantitative estimate of drug-likeness (QED) is 0.492. The zero-order chi connectivity index (χ0) is 21.5. The number of esters is 1. The number of rotatable bonds is 5. The highest BCUT2D eigenvalue weighted by molar-refractivity contribution is 5.98. The van der Waals surface area contributed by atoms with Gasteiger partial charge in [-0.1, -0.05) is 0 Å². The number of alkyl halides is 1. The Morgan fingerprint density at radius 3 is 3.00 bits per heavy atom. The number of aromatic nitrogens is 5. The topological polar surface area (TPSA) is 95.6 Å². The summed E-state index contributed by atoms with van der Waals surface area (Å²) < 4.78 is 28.3. The smallest absolute Gasteiger partial charge is 0.343 e. The van der Waals surface area contributed by atoms with E-state index < -0.39 is 18.2 Å². The highest BCUT2D eigenvalue weighted by Gasteiger charge is 2.31. The molecule has 1 saturated heterocycles. The van der Waals surface area contributed by atoms with Crippen LogP contribution in [0, 0.1) is 0 Å². The van der Waals surface area contributed by atoms with E-state index in [0.29, 0.717) is 22.8 Å². The minimum Gasteiger partial charge on any atom is -0.462 e. The second-order valence-corrected chi connectivity index (χ2v) is 7.24. The van der Waals surface area contributed by atoms with Crippen molar-refractivity contribution in [1.82, 2.24) is 24.1 Å². The highest BCUT2D eigenvalue weighted by atomic mass is 19.1. The fourth-order valence-electron chi connectivity index (χ4n) is 3.94. The van der Waals surface area contributed by atoms with Crippen molar-refractivity contribution < 1.29 is 18.7 Å².